The Kier molecular flexibility index (Phi) is 5.53. The molecule has 26 heavy (non-hydrogen) atoms. The van der Waals surface area contributed by atoms with E-state index in [0.717, 1.165) is 21.8 Å². The van der Waals surface area contributed by atoms with E-state index in [1.165, 1.54) is 0 Å². The molecule has 0 aliphatic rings. The number of thiazole rings is 1. The number of methoxy groups -OCH3 is 2. The van der Waals surface area contributed by atoms with Crippen LogP contribution in [0.4, 0.5) is 5.69 Å². The standard InChI is InChI=1S/C20H20N2O3S/c1-13-21-18(12-26-13)15-6-4-14(5-7-15)10-20(23)22-17-11-16(24-2)8-9-19(17)25-3/h4-9,11-12H,10H2,1-3H3,(H,22,23). The van der Waals surface area contributed by atoms with Gasteiger partial charge >= 0.3 is 0 Å². The molecule has 1 amide bonds. The molecule has 0 saturated heterocycles. The van der Waals surface area contributed by atoms with Crippen molar-refractivity contribution in [1.82, 2.24) is 4.98 Å². The van der Waals surface area contributed by atoms with Crippen LogP contribution in [0.25, 0.3) is 11.3 Å². The number of carbonyl (C=O) groups excluding carboxylic acids is 1. The van der Waals surface area contributed by atoms with Crippen LogP contribution in [-0.2, 0) is 11.2 Å². The van der Waals surface area contributed by atoms with Crippen LogP contribution in [0.2, 0.25) is 0 Å². The maximum atomic E-state index is 12.4. The van der Waals surface area contributed by atoms with Gasteiger partial charge in [0.15, 0.2) is 0 Å². The molecule has 1 aromatic heterocycles. The average molecular weight is 368 g/mol. The molecule has 0 radical (unpaired) electrons. The van der Waals surface area contributed by atoms with E-state index in [9.17, 15) is 4.79 Å². The van der Waals surface area contributed by atoms with Crippen LogP contribution < -0.4 is 14.8 Å². The Bertz CT molecular complexity index is 904. The summed E-state index contributed by atoms with van der Waals surface area (Å²) >= 11 is 1.62. The van der Waals surface area contributed by atoms with Gasteiger partial charge in [0.25, 0.3) is 0 Å². The Balaban J connectivity index is 1.68. The first-order chi connectivity index (χ1) is 12.6. The lowest BCUT2D eigenvalue weighted by Gasteiger charge is -2.12. The Hall–Kier alpha value is -2.86. The van der Waals surface area contributed by atoms with E-state index in [1.807, 2.05) is 36.6 Å². The number of hydrogen-bond donors (Lipinski definition) is 1. The van der Waals surface area contributed by atoms with Crippen LogP contribution in [0.3, 0.4) is 0 Å². The molecule has 2 aromatic carbocycles. The van der Waals surface area contributed by atoms with Gasteiger partial charge in [-0.1, -0.05) is 24.3 Å². The summed E-state index contributed by atoms with van der Waals surface area (Å²) in [7, 11) is 3.15. The summed E-state index contributed by atoms with van der Waals surface area (Å²) in [6, 6.07) is 13.2. The van der Waals surface area contributed by atoms with Crippen molar-refractivity contribution in [3.05, 3.63) is 58.4 Å². The van der Waals surface area contributed by atoms with Crippen molar-refractivity contribution in [2.45, 2.75) is 13.3 Å². The van der Waals surface area contributed by atoms with Gasteiger partial charge in [-0.25, -0.2) is 4.98 Å². The predicted octanol–water partition coefficient (Wildman–Crippen LogP) is 4.32. The van der Waals surface area contributed by atoms with Crippen molar-refractivity contribution in [2.24, 2.45) is 0 Å². The molecule has 3 rings (SSSR count). The molecule has 134 valence electrons. The SMILES string of the molecule is COc1ccc(OC)c(NC(=O)Cc2ccc(-c3csc(C)n3)cc2)c1. The summed E-state index contributed by atoms with van der Waals surface area (Å²) in [6.07, 6.45) is 0.275. The molecule has 0 unspecified atom stereocenters. The zero-order valence-electron chi connectivity index (χ0n) is 14.9. The average Bonchev–Trinajstić information content (AvgIpc) is 3.08. The second-order valence-electron chi connectivity index (χ2n) is 5.74. The largest absolute Gasteiger partial charge is 0.497 e. The lowest BCUT2D eigenvalue weighted by molar-refractivity contribution is -0.115. The molecule has 0 spiro atoms. The van der Waals surface area contributed by atoms with Crippen LogP contribution >= 0.6 is 11.3 Å². The van der Waals surface area contributed by atoms with Crippen molar-refractivity contribution < 1.29 is 14.3 Å². The molecule has 1 N–H and O–H groups in total. The fourth-order valence-corrected chi connectivity index (χ4v) is 3.20. The quantitative estimate of drug-likeness (QED) is 0.704. The molecule has 3 aromatic rings. The second-order valence-corrected chi connectivity index (χ2v) is 6.80. The number of ether oxygens (including phenoxy) is 2. The summed E-state index contributed by atoms with van der Waals surface area (Å²) < 4.78 is 10.5. The fourth-order valence-electron chi connectivity index (χ4n) is 2.58. The van der Waals surface area contributed by atoms with Crippen LogP contribution in [0.5, 0.6) is 11.5 Å². The third kappa shape index (κ3) is 4.21. The Morgan fingerprint density at radius 2 is 1.88 bits per heavy atom. The maximum Gasteiger partial charge on any atom is 0.228 e. The number of nitrogens with zero attached hydrogens (tertiary/aromatic N) is 1. The number of hydrogen-bond acceptors (Lipinski definition) is 5. The highest BCUT2D eigenvalue weighted by Gasteiger charge is 2.10. The molecule has 1 heterocycles. The topological polar surface area (TPSA) is 60.5 Å². The maximum absolute atomic E-state index is 12.4. The molecular weight excluding hydrogens is 348 g/mol. The summed E-state index contributed by atoms with van der Waals surface area (Å²) in [5.41, 5.74) is 3.53. The molecule has 0 fully saturated rings. The third-order valence-electron chi connectivity index (χ3n) is 3.91. The summed E-state index contributed by atoms with van der Waals surface area (Å²) in [5, 5.41) is 5.95. The number of anilines is 1. The smallest absolute Gasteiger partial charge is 0.228 e. The highest BCUT2D eigenvalue weighted by atomic mass is 32.1. The third-order valence-corrected chi connectivity index (χ3v) is 4.69. The number of nitrogens with one attached hydrogen (secondary N) is 1. The predicted molar refractivity (Wildman–Crippen MR) is 104 cm³/mol. The normalized spacial score (nSPS) is 10.4. The Morgan fingerprint density at radius 3 is 2.50 bits per heavy atom. The molecule has 0 bridgehead atoms. The summed E-state index contributed by atoms with van der Waals surface area (Å²) in [6.45, 7) is 1.99. The van der Waals surface area contributed by atoms with Crippen molar-refractivity contribution in [3.63, 3.8) is 0 Å². The van der Waals surface area contributed by atoms with Gasteiger partial charge in [-0.3, -0.25) is 4.79 Å². The number of carbonyl (C=O) groups is 1. The van der Waals surface area contributed by atoms with Crippen molar-refractivity contribution in [2.75, 3.05) is 19.5 Å². The molecule has 0 aliphatic carbocycles. The lowest BCUT2D eigenvalue weighted by atomic mass is 10.1. The minimum Gasteiger partial charge on any atom is -0.497 e. The van der Waals surface area contributed by atoms with Crippen molar-refractivity contribution >= 4 is 22.9 Å². The zero-order valence-corrected chi connectivity index (χ0v) is 15.7. The number of aryl methyl sites for hydroxylation is 1. The number of amides is 1. The van der Waals surface area contributed by atoms with Gasteiger partial charge < -0.3 is 14.8 Å². The molecule has 6 heteroatoms. The lowest BCUT2D eigenvalue weighted by Crippen LogP contribution is -2.15. The molecule has 5 nitrogen and oxygen atoms in total. The highest BCUT2D eigenvalue weighted by molar-refractivity contribution is 7.09. The van der Waals surface area contributed by atoms with Crippen LogP contribution in [0.1, 0.15) is 10.6 Å². The van der Waals surface area contributed by atoms with E-state index in [0.29, 0.717) is 17.2 Å². The van der Waals surface area contributed by atoms with E-state index in [4.69, 9.17) is 9.47 Å². The summed E-state index contributed by atoms with van der Waals surface area (Å²) in [5.74, 6) is 1.13. The van der Waals surface area contributed by atoms with Gasteiger partial charge in [0.2, 0.25) is 5.91 Å². The summed E-state index contributed by atoms with van der Waals surface area (Å²) in [4.78, 5) is 16.9. The van der Waals surface area contributed by atoms with Gasteiger partial charge in [0.05, 0.1) is 37.0 Å². The molecule has 0 aliphatic heterocycles. The zero-order chi connectivity index (χ0) is 18.5. The van der Waals surface area contributed by atoms with Crippen molar-refractivity contribution in [1.29, 1.82) is 0 Å². The molecule has 0 atom stereocenters. The monoisotopic (exact) mass is 368 g/mol. The first kappa shape index (κ1) is 17.9. The van der Waals surface area contributed by atoms with Crippen LogP contribution in [0.15, 0.2) is 47.8 Å². The minimum absolute atomic E-state index is 0.117. The van der Waals surface area contributed by atoms with E-state index in [1.54, 1.807) is 43.8 Å². The highest BCUT2D eigenvalue weighted by Crippen LogP contribution is 2.29. The minimum atomic E-state index is -0.117. The van der Waals surface area contributed by atoms with E-state index < -0.39 is 0 Å². The van der Waals surface area contributed by atoms with E-state index >= 15 is 0 Å². The number of benzene rings is 2. The number of aromatic nitrogens is 1. The second kappa shape index (κ2) is 8.01. The van der Waals surface area contributed by atoms with Gasteiger partial charge in [-0.15, -0.1) is 11.3 Å². The number of rotatable bonds is 6. The van der Waals surface area contributed by atoms with Crippen LogP contribution in [-0.4, -0.2) is 25.1 Å². The Morgan fingerprint density at radius 1 is 1.12 bits per heavy atom. The molecular formula is C20H20N2O3S. The first-order valence-electron chi connectivity index (χ1n) is 8.12. The Labute approximate surface area is 156 Å². The van der Waals surface area contributed by atoms with Gasteiger partial charge in [-0.05, 0) is 24.6 Å². The molecule has 0 saturated carbocycles. The fraction of sp³-hybridized carbons (Fsp3) is 0.200. The van der Waals surface area contributed by atoms with Gasteiger partial charge in [0.1, 0.15) is 11.5 Å². The van der Waals surface area contributed by atoms with Gasteiger partial charge in [0, 0.05) is 17.0 Å². The van der Waals surface area contributed by atoms with E-state index in [-0.39, 0.29) is 12.3 Å². The van der Waals surface area contributed by atoms with Crippen LogP contribution in [0, 0.1) is 6.92 Å². The first-order valence-corrected chi connectivity index (χ1v) is 9.00. The van der Waals surface area contributed by atoms with Crippen molar-refractivity contribution in [3.8, 4) is 22.8 Å². The van der Waals surface area contributed by atoms with E-state index in [2.05, 4.69) is 10.3 Å². The van der Waals surface area contributed by atoms with Gasteiger partial charge in [-0.2, -0.15) is 0 Å².